The highest BCUT2D eigenvalue weighted by Gasteiger charge is 2.26. The van der Waals surface area contributed by atoms with Gasteiger partial charge in [-0.1, -0.05) is 18.5 Å². The molecular weight excluding hydrogens is 270 g/mol. The van der Waals surface area contributed by atoms with E-state index in [0.717, 1.165) is 29.9 Å². The smallest absolute Gasteiger partial charge is 0.0407 e. The SMILES string of the molecule is C[C@@H]1CNC[C@H]1CN1CCN(c2ccc(Cl)cc2)CC1. The zero-order valence-corrected chi connectivity index (χ0v) is 12.9. The molecule has 2 heterocycles. The molecule has 0 aliphatic carbocycles. The van der Waals surface area contributed by atoms with Gasteiger partial charge < -0.3 is 10.2 Å². The van der Waals surface area contributed by atoms with Crippen LogP contribution < -0.4 is 10.2 Å². The molecule has 2 atom stereocenters. The highest BCUT2D eigenvalue weighted by molar-refractivity contribution is 6.30. The molecule has 2 fully saturated rings. The largest absolute Gasteiger partial charge is 0.369 e. The summed E-state index contributed by atoms with van der Waals surface area (Å²) in [5, 5.41) is 4.32. The van der Waals surface area contributed by atoms with Crippen molar-refractivity contribution in [3.05, 3.63) is 29.3 Å². The molecule has 2 aliphatic heterocycles. The molecular formula is C16H24ClN3. The molecule has 110 valence electrons. The Labute approximate surface area is 126 Å². The van der Waals surface area contributed by atoms with Crippen LogP contribution in [0, 0.1) is 11.8 Å². The lowest BCUT2D eigenvalue weighted by molar-refractivity contribution is 0.208. The van der Waals surface area contributed by atoms with Gasteiger partial charge in [0.05, 0.1) is 0 Å². The summed E-state index contributed by atoms with van der Waals surface area (Å²) in [6, 6.07) is 8.21. The lowest BCUT2D eigenvalue weighted by Gasteiger charge is -2.37. The highest BCUT2D eigenvalue weighted by Crippen LogP contribution is 2.21. The van der Waals surface area contributed by atoms with E-state index < -0.39 is 0 Å². The van der Waals surface area contributed by atoms with E-state index in [1.165, 1.54) is 38.4 Å². The summed E-state index contributed by atoms with van der Waals surface area (Å²) in [6.45, 7) is 10.6. The number of hydrogen-bond acceptors (Lipinski definition) is 3. The van der Waals surface area contributed by atoms with E-state index in [0.29, 0.717) is 0 Å². The Hall–Kier alpha value is -0.770. The van der Waals surface area contributed by atoms with E-state index in [4.69, 9.17) is 11.6 Å². The maximum Gasteiger partial charge on any atom is 0.0407 e. The van der Waals surface area contributed by atoms with Crippen LogP contribution in [0.1, 0.15) is 6.92 Å². The van der Waals surface area contributed by atoms with E-state index in [-0.39, 0.29) is 0 Å². The van der Waals surface area contributed by atoms with E-state index in [9.17, 15) is 0 Å². The van der Waals surface area contributed by atoms with Crippen molar-refractivity contribution in [3.63, 3.8) is 0 Å². The van der Waals surface area contributed by atoms with Gasteiger partial charge in [0, 0.05) is 43.4 Å². The minimum absolute atomic E-state index is 0.815. The van der Waals surface area contributed by atoms with Crippen molar-refractivity contribution >= 4 is 17.3 Å². The normalized spacial score (nSPS) is 28.0. The summed E-state index contributed by atoms with van der Waals surface area (Å²) in [4.78, 5) is 5.09. The topological polar surface area (TPSA) is 18.5 Å². The Bertz CT molecular complexity index is 426. The first-order valence-electron chi connectivity index (χ1n) is 7.66. The number of halogens is 1. The highest BCUT2D eigenvalue weighted by atomic mass is 35.5. The average Bonchev–Trinajstić information content (AvgIpc) is 2.86. The molecule has 1 N–H and O–H groups in total. The quantitative estimate of drug-likeness (QED) is 0.923. The van der Waals surface area contributed by atoms with Crippen LogP contribution in [0.25, 0.3) is 0 Å². The van der Waals surface area contributed by atoms with Gasteiger partial charge in [0.25, 0.3) is 0 Å². The van der Waals surface area contributed by atoms with Crippen LogP contribution in [-0.4, -0.2) is 50.7 Å². The first-order chi connectivity index (χ1) is 9.72. The molecule has 20 heavy (non-hydrogen) atoms. The molecule has 4 heteroatoms. The van der Waals surface area contributed by atoms with Crippen molar-refractivity contribution in [1.29, 1.82) is 0 Å². The van der Waals surface area contributed by atoms with Crippen LogP contribution in [0.15, 0.2) is 24.3 Å². The van der Waals surface area contributed by atoms with E-state index >= 15 is 0 Å². The van der Waals surface area contributed by atoms with Crippen molar-refractivity contribution in [1.82, 2.24) is 10.2 Å². The first-order valence-corrected chi connectivity index (χ1v) is 8.04. The minimum atomic E-state index is 0.815. The van der Waals surface area contributed by atoms with Crippen LogP contribution in [0.5, 0.6) is 0 Å². The summed E-state index contributed by atoms with van der Waals surface area (Å²) < 4.78 is 0. The van der Waals surface area contributed by atoms with Gasteiger partial charge in [0.15, 0.2) is 0 Å². The van der Waals surface area contributed by atoms with E-state index in [1.807, 2.05) is 12.1 Å². The number of rotatable bonds is 3. The fourth-order valence-corrected chi connectivity index (χ4v) is 3.41. The Morgan fingerprint density at radius 2 is 1.80 bits per heavy atom. The van der Waals surface area contributed by atoms with Crippen molar-refractivity contribution in [2.45, 2.75) is 6.92 Å². The van der Waals surface area contributed by atoms with Gasteiger partial charge in [0.1, 0.15) is 0 Å². The van der Waals surface area contributed by atoms with Crippen molar-refractivity contribution < 1.29 is 0 Å². The van der Waals surface area contributed by atoms with Gasteiger partial charge in [0.2, 0.25) is 0 Å². The summed E-state index contributed by atoms with van der Waals surface area (Å²) in [6.07, 6.45) is 0. The second-order valence-corrected chi connectivity index (χ2v) is 6.60. The number of nitrogens with zero attached hydrogens (tertiary/aromatic N) is 2. The van der Waals surface area contributed by atoms with E-state index in [1.54, 1.807) is 0 Å². The van der Waals surface area contributed by atoms with E-state index in [2.05, 4.69) is 34.2 Å². The average molecular weight is 294 g/mol. The maximum absolute atomic E-state index is 5.95. The molecule has 0 amide bonds. The Balaban J connectivity index is 1.50. The predicted molar refractivity (Wildman–Crippen MR) is 85.6 cm³/mol. The van der Waals surface area contributed by atoms with Gasteiger partial charge >= 0.3 is 0 Å². The zero-order valence-electron chi connectivity index (χ0n) is 12.2. The molecule has 2 aliphatic rings. The van der Waals surface area contributed by atoms with Crippen LogP contribution in [0.4, 0.5) is 5.69 Å². The molecule has 0 spiro atoms. The second kappa shape index (κ2) is 6.33. The second-order valence-electron chi connectivity index (χ2n) is 6.16. The summed E-state index contributed by atoms with van der Waals surface area (Å²) >= 11 is 5.95. The molecule has 1 aromatic rings. The molecule has 0 aromatic heterocycles. The standard InChI is InChI=1S/C16H24ClN3/c1-13-10-18-11-14(13)12-19-6-8-20(9-7-19)16-4-2-15(17)3-5-16/h2-5,13-14,18H,6-12H2,1H3/t13-,14+/m1/s1. The first kappa shape index (κ1) is 14.2. The van der Waals surface area contributed by atoms with Crippen LogP contribution in [0.2, 0.25) is 5.02 Å². The third-order valence-electron chi connectivity index (χ3n) is 4.73. The van der Waals surface area contributed by atoms with Crippen LogP contribution >= 0.6 is 11.6 Å². The number of nitrogens with one attached hydrogen (secondary N) is 1. The van der Waals surface area contributed by atoms with Crippen molar-refractivity contribution in [3.8, 4) is 0 Å². The Kier molecular flexibility index (Phi) is 4.49. The third kappa shape index (κ3) is 3.27. The maximum atomic E-state index is 5.95. The Morgan fingerprint density at radius 3 is 2.40 bits per heavy atom. The minimum Gasteiger partial charge on any atom is -0.369 e. The van der Waals surface area contributed by atoms with Crippen molar-refractivity contribution in [2.24, 2.45) is 11.8 Å². The van der Waals surface area contributed by atoms with Crippen LogP contribution in [0.3, 0.4) is 0 Å². The molecule has 2 saturated heterocycles. The molecule has 0 saturated carbocycles. The fraction of sp³-hybridized carbons (Fsp3) is 0.625. The summed E-state index contributed by atoms with van der Waals surface area (Å²) in [7, 11) is 0. The van der Waals surface area contributed by atoms with Gasteiger partial charge in [-0.25, -0.2) is 0 Å². The van der Waals surface area contributed by atoms with Crippen LogP contribution in [-0.2, 0) is 0 Å². The third-order valence-corrected chi connectivity index (χ3v) is 4.99. The summed E-state index contributed by atoms with van der Waals surface area (Å²) in [5.41, 5.74) is 1.30. The van der Waals surface area contributed by atoms with Gasteiger partial charge in [-0.3, -0.25) is 4.90 Å². The zero-order chi connectivity index (χ0) is 13.9. The lowest BCUT2D eigenvalue weighted by atomic mass is 9.97. The van der Waals surface area contributed by atoms with Gasteiger partial charge in [-0.15, -0.1) is 0 Å². The number of benzene rings is 1. The predicted octanol–water partition coefficient (Wildman–Crippen LogP) is 2.32. The van der Waals surface area contributed by atoms with Gasteiger partial charge in [-0.2, -0.15) is 0 Å². The lowest BCUT2D eigenvalue weighted by Crippen LogP contribution is -2.48. The molecule has 1 aromatic carbocycles. The molecule has 0 unspecified atom stereocenters. The fourth-order valence-electron chi connectivity index (χ4n) is 3.28. The molecule has 0 bridgehead atoms. The summed E-state index contributed by atoms with van der Waals surface area (Å²) in [5.74, 6) is 1.65. The molecule has 0 radical (unpaired) electrons. The number of anilines is 1. The van der Waals surface area contributed by atoms with Crippen molar-refractivity contribution in [2.75, 3.05) is 50.7 Å². The molecule has 3 rings (SSSR count). The number of hydrogen-bond donors (Lipinski definition) is 1. The number of piperazine rings is 1. The monoisotopic (exact) mass is 293 g/mol. The molecule has 3 nitrogen and oxygen atoms in total. The van der Waals surface area contributed by atoms with Gasteiger partial charge in [-0.05, 0) is 49.2 Å². The Morgan fingerprint density at radius 1 is 1.10 bits per heavy atom.